The Labute approximate surface area is 130 Å². The quantitative estimate of drug-likeness (QED) is 0.842. The summed E-state index contributed by atoms with van der Waals surface area (Å²) in [4.78, 5) is 0. The molecule has 0 saturated carbocycles. The van der Waals surface area contributed by atoms with Crippen molar-refractivity contribution in [3.63, 3.8) is 0 Å². The summed E-state index contributed by atoms with van der Waals surface area (Å²) in [5, 5.41) is 3.44. The average Bonchev–Trinajstić information content (AvgIpc) is 2.43. The maximum absolute atomic E-state index is 3.67. The number of aryl methyl sites for hydroxylation is 3. The summed E-state index contributed by atoms with van der Waals surface area (Å²) >= 11 is 3.67. The minimum atomic E-state index is 0.325. The molecule has 2 aromatic rings. The maximum atomic E-state index is 3.67. The third-order valence-electron chi connectivity index (χ3n) is 3.89. The van der Waals surface area contributed by atoms with E-state index in [1.165, 1.54) is 32.3 Å². The van der Waals surface area contributed by atoms with E-state index in [-0.39, 0.29) is 0 Å². The van der Waals surface area contributed by atoms with Crippen LogP contribution >= 0.6 is 15.9 Å². The molecule has 0 amide bonds. The molecule has 0 fully saturated rings. The molecule has 1 N–H and O–H groups in total. The highest BCUT2D eigenvalue weighted by atomic mass is 79.9. The van der Waals surface area contributed by atoms with Gasteiger partial charge < -0.3 is 5.32 Å². The number of rotatable bonds is 4. The van der Waals surface area contributed by atoms with Gasteiger partial charge in [-0.25, -0.2) is 0 Å². The Morgan fingerprint density at radius 3 is 2.40 bits per heavy atom. The van der Waals surface area contributed by atoms with Gasteiger partial charge in [0.15, 0.2) is 0 Å². The van der Waals surface area contributed by atoms with E-state index in [0.29, 0.717) is 6.04 Å². The summed E-state index contributed by atoms with van der Waals surface area (Å²) in [7, 11) is 2.03. The van der Waals surface area contributed by atoms with E-state index in [0.717, 1.165) is 6.42 Å². The van der Waals surface area contributed by atoms with E-state index in [1.807, 2.05) is 7.05 Å². The molecule has 0 aliphatic heterocycles. The minimum absolute atomic E-state index is 0.325. The van der Waals surface area contributed by atoms with Crippen molar-refractivity contribution in [2.24, 2.45) is 0 Å². The van der Waals surface area contributed by atoms with Crippen molar-refractivity contribution in [2.75, 3.05) is 7.05 Å². The van der Waals surface area contributed by atoms with Crippen LogP contribution in [0.15, 0.2) is 40.9 Å². The number of likely N-dealkylation sites (N-methyl/N-ethyl adjacent to an activating group) is 1. The number of nitrogens with one attached hydrogen (secondary N) is 1. The second-order valence-corrected chi connectivity index (χ2v) is 6.34. The second kappa shape index (κ2) is 6.55. The molecule has 1 nitrogen and oxygen atoms in total. The van der Waals surface area contributed by atoms with Gasteiger partial charge in [-0.05, 0) is 62.6 Å². The van der Waals surface area contributed by atoms with Crippen LogP contribution in [-0.2, 0) is 6.42 Å². The molecule has 0 radical (unpaired) electrons. The van der Waals surface area contributed by atoms with Crippen LogP contribution in [0.5, 0.6) is 0 Å². The van der Waals surface area contributed by atoms with Crippen molar-refractivity contribution in [1.29, 1.82) is 0 Å². The number of hydrogen-bond donors (Lipinski definition) is 1. The van der Waals surface area contributed by atoms with Gasteiger partial charge in [0.05, 0.1) is 0 Å². The molecule has 1 atom stereocenters. The smallest absolute Gasteiger partial charge is 0.0369 e. The van der Waals surface area contributed by atoms with Crippen LogP contribution in [0.2, 0.25) is 0 Å². The van der Waals surface area contributed by atoms with E-state index >= 15 is 0 Å². The van der Waals surface area contributed by atoms with Crippen molar-refractivity contribution >= 4 is 15.9 Å². The van der Waals surface area contributed by atoms with Gasteiger partial charge in [0.25, 0.3) is 0 Å². The molecule has 1 unspecified atom stereocenters. The molecule has 20 heavy (non-hydrogen) atoms. The third-order valence-corrected chi connectivity index (χ3v) is 4.61. The number of halogens is 1. The fourth-order valence-corrected chi connectivity index (χ4v) is 2.99. The highest BCUT2D eigenvalue weighted by molar-refractivity contribution is 9.10. The van der Waals surface area contributed by atoms with Gasteiger partial charge in [0.2, 0.25) is 0 Å². The number of benzene rings is 2. The Balaban J connectivity index is 2.28. The zero-order chi connectivity index (χ0) is 14.7. The normalized spacial score (nSPS) is 12.4. The van der Waals surface area contributed by atoms with E-state index in [4.69, 9.17) is 0 Å². The fraction of sp³-hybridized carbons (Fsp3) is 0.333. The predicted octanol–water partition coefficient (Wildman–Crippen LogP) is 4.88. The molecule has 0 aliphatic carbocycles. The number of hydrogen-bond acceptors (Lipinski definition) is 1. The van der Waals surface area contributed by atoms with Gasteiger partial charge in [-0.1, -0.05) is 51.8 Å². The van der Waals surface area contributed by atoms with Crippen LogP contribution in [0.3, 0.4) is 0 Å². The molecule has 0 spiro atoms. The third kappa shape index (κ3) is 3.50. The molecule has 0 heterocycles. The lowest BCUT2D eigenvalue weighted by Crippen LogP contribution is -2.19. The molecular formula is C18H22BrN. The van der Waals surface area contributed by atoms with Crippen LogP contribution in [0.1, 0.15) is 33.9 Å². The standard InChI is InChI=1S/C18H22BrN/c1-12-5-8-17(19)16(9-12)18(20-4)11-15-7-6-13(2)14(3)10-15/h5-10,18,20H,11H2,1-4H3. The van der Waals surface area contributed by atoms with E-state index < -0.39 is 0 Å². The minimum Gasteiger partial charge on any atom is -0.313 e. The van der Waals surface area contributed by atoms with Crippen molar-refractivity contribution in [3.8, 4) is 0 Å². The Kier molecular flexibility index (Phi) is 5.00. The molecule has 2 rings (SSSR count). The summed E-state index contributed by atoms with van der Waals surface area (Å²) in [6.45, 7) is 6.47. The Hall–Kier alpha value is -1.12. The first-order valence-corrected chi connectivity index (χ1v) is 7.80. The first-order chi connectivity index (χ1) is 9.51. The van der Waals surface area contributed by atoms with Crippen molar-refractivity contribution in [3.05, 3.63) is 68.7 Å². The van der Waals surface area contributed by atoms with Crippen molar-refractivity contribution in [1.82, 2.24) is 5.32 Å². The molecule has 2 aromatic carbocycles. The maximum Gasteiger partial charge on any atom is 0.0369 e. The van der Waals surface area contributed by atoms with Gasteiger partial charge >= 0.3 is 0 Å². The molecule has 0 aliphatic rings. The second-order valence-electron chi connectivity index (χ2n) is 5.49. The highest BCUT2D eigenvalue weighted by Gasteiger charge is 2.14. The van der Waals surface area contributed by atoms with E-state index in [2.05, 4.69) is 78.4 Å². The topological polar surface area (TPSA) is 12.0 Å². The van der Waals surface area contributed by atoms with Crippen molar-refractivity contribution < 1.29 is 0 Å². The largest absolute Gasteiger partial charge is 0.313 e. The van der Waals surface area contributed by atoms with Gasteiger partial charge in [-0.2, -0.15) is 0 Å². The lowest BCUT2D eigenvalue weighted by Gasteiger charge is -2.19. The van der Waals surface area contributed by atoms with Crippen LogP contribution in [0.25, 0.3) is 0 Å². The van der Waals surface area contributed by atoms with Gasteiger partial charge in [0.1, 0.15) is 0 Å². The first kappa shape index (κ1) is 15.3. The summed E-state index contributed by atoms with van der Waals surface area (Å²) in [6.07, 6.45) is 1.000. The predicted molar refractivity (Wildman–Crippen MR) is 90.3 cm³/mol. The summed E-state index contributed by atoms with van der Waals surface area (Å²) < 4.78 is 1.17. The fourth-order valence-electron chi connectivity index (χ4n) is 2.46. The zero-order valence-corrected chi connectivity index (χ0v) is 14.2. The molecule has 0 bridgehead atoms. The lowest BCUT2D eigenvalue weighted by atomic mass is 9.96. The monoisotopic (exact) mass is 331 g/mol. The SMILES string of the molecule is CNC(Cc1ccc(C)c(C)c1)c1cc(C)ccc1Br. The molecular weight excluding hydrogens is 310 g/mol. The summed E-state index contributed by atoms with van der Waals surface area (Å²) in [6, 6.07) is 13.6. The van der Waals surface area contributed by atoms with E-state index in [1.54, 1.807) is 0 Å². The van der Waals surface area contributed by atoms with E-state index in [9.17, 15) is 0 Å². The first-order valence-electron chi connectivity index (χ1n) is 7.00. The zero-order valence-electron chi connectivity index (χ0n) is 12.6. The molecule has 0 aromatic heterocycles. The highest BCUT2D eigenvalue weighted by Crippen LogP contribution is 2.27. The van der Waals surface area contributed by atoms with Crippen LogP contribution in [-0.4, -0.2) is 7.05 Å². The summed E-state index contributed by atoms with van der Waals surface area (Å²) in [5.74, 6) is 0. The molecule has 0 saturated heterocycles. The van der Waals surface area contributed by atoms with Gasteiger partial charge in [-0.15, -0.1) is 0 Å². The molecule has 2 heteroatoms. The van der Waals surface area contributed by atoms with Gasteiger partial charge in [0, 0.05) is 10.5 Å². The van der Waals surface area contributed by atoms with Crippen LogP contribution in [0.4, 0.5) is 0 Å². The Bertz CT molecular complexity index is 604. The Morgan fingerprint density at radius 2 is 1.75 bits per heavy atom. The average molecular weight is 332 g/mol. The van der Waals surface area contributed by atoms with Crippen LogP contribution in [0, 0.1) is 20.8 Å². The van der Waals surface area contributed by atoms with Crippen molar-refractivity contribution in [2.45, 2.75) is 33.2 Å². The van der Waals surface area contributed by atoms with Crippen LogP contribution < -0.4 is 5.32 Å². The Morgan fingerprint density at radius 1 is 1.00 bits per heavy atom. The van der Waals surface area contributed by atoms with Gasteiger partial charge in [-0.3, -0.25) is 0 Å². The lowest BCUT2D eigenvalue weighted by molar-refractivity contribution is 0.589. The molecule has 106 valence electrons. The summed E-state index contributed by atoms with van der Waals surface area (Å²) in [5.41, 5.74) is 6.71.